The molecule has 0 aliphatic heterocycles. The lowest BCUT2D eigenvalue weighted by Gasteiger charge is -2.18. The van der Waals surface area contributed by atoms with E-state index < -0.39 is 17.9 Å². The van der Waals surface area contributed by atoms with Crippen LogP contribution in [0, 0.1) is 11.3 Å². The highest BCUT2D eigenvalue weighted by Gasteiger charge is 2.20. The van der Waals surface area contributed by atoms with Gasteiger partial charge in [0.2, 0.25) is 0 Å². The number of benzene rings is 2. The number of likely N-dealkylation sites (N-methyl/N-ethyl adjacent to an activating group) is 1. The van der Waals surface area contributed by atoms with E-state index in [1.165, 1.54) is 11.7 Å². The molecule has 3 aromatic rings. The first kappa shape index (κ1) is 21.3. The van der Waals surface area contributed by atoms with Gasteiger partial charge in [0.25, 0.3) is 5.91 Å². The summed E-state index contributed by atoms with van der Waals surface area (Å²) in [5.74, 6) is -0.721. The second-order valence-electron chi connectivity index (χ2n) is 6.98. The molecule has 2 atom stereocenters. The van der Waals surface area contributed by atoms with Gasteiger partial charge in [-0.25, -0.2) is 4.79 Å². The molecule has 8 heteroatoms. The summed E-state index contributed by atoms with van der Waals surface area (Å²) in [7, 11) is 4.86. The van der Waals surface area contributed by atoms with Crippen LogP contribution in [0.25, 0.3) is 22.2 Å². The van der Waals surface area contributed by atoms with Crippen LogP contribution in [0.2, 0.25) is 0 Å². The molecule has 0 saturated heterocycles. The molecular weight excluding hydrogens is 384 g/mol. The van der Waals surface area contributed by atoms with E-state index in [4.69, 9.17) is 9.15 Å². The van der Waals surface area contributed by atoms with Gasteiger partial charge in [0.15, 0.2) is 5.58 Å². The molecule has 2 N–H and O–H groups in total. The summed E-state index contributed by atoms with van der Waals surface area (Å²) in [6.45, 7) is 0.363. The molecule has 0 radical (unpaired) electrons. The average Bonchev–Trinajstić information content (AvgIpc) is 3.05. The molecule has 0 spiro atoms. The first-order valence-corrected chi connectivity index (χ1v) is 9.53. The summed E-state index contributed by atoms with van der Waals surface area (Å²) in [4.78, 5) is 23.9. The summed E-state index contributed by atoms with van der Waals surface area (Å²) < 4.78 is 11.8. The number of hydrogen-bond acceptors (Lipinski definition) is 6. The molecule has 1 heterocycles. The number of fused-ring (bicyclic) bond motifs is 1. The van der Waals surface area contributed by atoms with E-state index in [9.17, 15) is 14.9 Å². The summed E-state index contributed by atoms with van der Waals surface area (Å²) in [5, 5.41) is 15.0. The SMILES string of the molecule is CNC[C@H](OC)C(=O)N[C@H](C#N)Cc1ccc(-c2ccc3oc(=O)n(C)c3c2)cc1. The molecule has 0 fully saturated rings. The standard InChI is InChI=1S/C22H24N4O4/c1-24-13-20(29-3)21(27)25-17(12-23)10-14-4-6-15(7-5-14)16-8-9-19-18(11-16)26(2)22(28)30-19/h4-9,11,17,20,24H,10,13H2,1-3H3,(H,25,27)/t17-,20-/m0/s1. The van der Waals surface area contributed by atoms with Gasteiger partial charge < -0.3 is 19.8 Å². The number of carbonyl (C=O) groups excluding carboxylic acids is 1. The first-order valence-electron chi connectivity index (χ1n) is 9.53. The molecule has 1 aromatic heterocycles. The number of ether oxygens (including phenoxy) is 1. The third-order valence-corrected chi connectivity index (χ3v) is 4.96. The zero-order valence-electron chi connectivity index (χ0n) is 17.1. The second kappa shape index (κ2) is 9.39. The number of nitriles is 1. The van der Waals surface area contributed by atoms with E-state index in [-0.39, 0.29) is 5.91 Å². The largest absolute Gasteiger partial charge is 0.419 e. The fourth-order valence-corrected chi connectivity index (χ4v) is 3.24. The second-order valence-corrected chi connectivity index (χ2v) is 6.98. The molecule has 0 unspecified atom stereocenters. The lowest BCUT2D eigenvalue weighted by atomic mass is 10.0. The number of hydrogen-bond donors (Lipinski definition) is 2. The smallest absolute Gasteiger partial charge is 0.408 e. The molecule has 0 aliphatic carbocycles. The minimum absolute atomic E-state index is 0.325. The average molecular weight is 408 g/mol. The maximum Gasteiger partial charge on any atom is 0.419 e. The Morgan fingerprint density at radius 2 is 1.93 bits per heavy atom. The molecule has 3 rings (SSSR count). The molecular formula is C22H24N4O4. The number of nitrogens with one attached hydrogen (secondary N) is 2. The summed E-state index contributed by atoms with van der Waals surface area (Å²) >= 11 is 0. The van der Waals surface area contributed by atoms with Gasteiger partial charge in [-0.1, -0.05) is 30.3 Å². The number of nitrogens with zero attached hydrogens (tertiary/aromatic N) is 2. The summed E-state index contributed by atoms with van der Waals surface area (Å²) in [6, 6.07) is 14.8. The van der Waals surface area contributed by atoms with Crippen LogP contribution < -0.4 is 16.4 Å². The Balaban J connectivity index is 1.72. The van der Waals surface area contributed by atoms with Crippen molar-refractivity contribution in [2.75, 3.05) is 20.7 Å². The van der Waals surface area contributed by atoms with Crippen molar-refractivity contribution < 1.29 is 13.9 Å². The zero-order valence-corrected chi connectivity index (χ0v) is 17.1. The molecule has 30 heavy (non-hydrogen) atoms. The van der Waals surface area contributed by atoms with Gasteiger partial charge in [-0.15, -0.1) is 0 Å². The van der Waals surface area contributed by atoms with Crippen LogP contribution in [0.4, 0.5) is 0 Å². The van der Waals surface area contributed by atoms with Crippen LogP contribution in [0.1, 0.15) is 5.56 Å². The van der Waals surface area contributed by atoms with E-state index in [1.807, 2.05) is 36.4 Å². The van der Waals surface area contributed by atoms with E-state index in [0.29, 0.717) is 18.5 Å². The van der Waals surface area contributed by atoms with Gasteiger partial charge in [-0.3, -0.25) is 9.36 Å². The van der Waals surface area contributed by atoms with Crippen molar-refractivity contribution in [3.05, 3.63) is 58.6 Å². The van der Waals surface area contributed by atoms with Gasteiger partial charge in [0.1, 0.15) is 12.1 Å². The Labute approximate surface area is 174 Å². The first-order chi connectivity index (χ1) is 14.5. The van der Waals surface area contributed by atoms with E-state index in [0.717, 1.165) is 22.2 Å². The van der Waals surface area contributed by atoms with Gasteiger partial charge in [-0.05, 0) is 35.9 Å². The van der Waals surface area contributed by atoms with Gasteiger partial charge in [-0.2, -0.15) is 5.26 Å². The number of carbonyl (C=O) groups is 1. The topological polar surface area (TPSA) is 109 Å². The van der Waals surface area contributed by atoms with Gasteiger partial charge in [0, 0.05) is 27.1 Å². The highest BCUT2D eigenvalue weighted by molar-refractivity contribution is 5.82. The number of rotatable bonds is 8. The van der Waals surface area contributed by atoms with E-state index >= 15 is 0 Å². The quantitative estimate of drug-likeness (QED) is 0.586. The molecule has 0 aliphatic rings. The Bertz CT molecular complexity index is 1120. The third kappa shape index (κ3) is 4.59. The van der Waals surface area contributed by atoms with Crippen molar-refractivity contribution in [2.24, 2.45) is 7.05 Å². The predicted molar refractivity (Wildman–Crippen MR) is 113 cm³/mol. The highest BCUT2D eigenvalue weighted by Crippen LogP contribution is 2.24. The molecule has 156 valence electrons. The van der Waals surface area contributed by atoms with Crippen molar-refractivity contribution in [3.8, 4) is 17.2 Å². The highest BCUT2D eigenvalue weighted by atomic mass is 16.5. The lowest BCUT2D eigenvalue weighted by molar-refractivity contribution is -0.131. The van der Waals surface area contributed by atoms with Crippen molar-refractivity contribution >= 4 is 17.0 Å². The lowest BCUT2D eigenvalue weighted by Crippen LogP contribution is -2.46. The van der Waals surface area contributed by atoms with Crippen molar-refractivity contribution in [2.45, 2.75) is 18.6 Å². The molecule has 8 nitrogen and oxygen atoms in total. The Hall–Kier alpha value is -3.41. The number of amides is 1. The van der Waals surface area contributed by atoms with Crippen LogP contribution in [-0.4, -0.2) is 43.3 Å². The van der Waals surface area contributed by atoms with Crippen LogP contribution in [0.5, 0.6) is 0 Å². The fourth-order valence-electron chi connectivity index (χ4n) is 3.24. The Morgan fingerprint density at radius 1 is 1.23 bits per heavy atom. The van der Waals surface area contributed by atoms with Crippen LogP contribution >= 0.6 is 0 Å². The van der Waals surface area contributed by atoms with Gasteiger partial charge in [0.05, 0.1) is 11.6 Å². The Kier molecular flexibility index (Phi) is 6.67. The Morgan fingerprint density at radius 3 is 2.57 bits per heavy atom. The number of methoxy groups -OCH3 is 1. The monoisotopic (exact) mass is 408 g/mol. The maximum absolute atomic E-state index is 12.2. The normalized spacial score (nSPS) is 13.0. The van der Waals surface area contributed by atoms with Crippen LogP contribution in [0.3, 0.4) is 0 Å². The van der Waals surface area contributed by atoms with Crippen LogP contribution in [0.15, 0.2) is 51.7 Å². The summed E-state index contributed by atoms with van der Waals surface area (Å²) in [5.41, 5.74) is 4.11. The van der Waals surface area contributed by atoms with Gasteiger partial charge >= 0.3 is 5.76 Å². The van der Waals surface area contributed by atoms with Crippen molar-refractivity contribution in [3.63, 3.8) is 0 Å². The fraction of sp³-hybridized carbons (Fsp3) is 0.318. The molecule has 0 bridgehead atoms. The van der Waals surface area contributed by atoms with E-state index in [2.05, 4.69) is 16.7 Å². The minimum atomic E-state index is -0.658. The maximum atomic E-state index is 12.2. The van der Waals surface area contributed by atoms with E-state index in [1.54, 1.807) is 20.2 Å². The van der Waals surface area contributed by atoms with Crippen LogP contribution in [-0.2, 0) is 23.0 Å². The third-order valence-electron chi connectivity index (χ3n) is 4.96. The molecule has 1 amide bonds. The minimum Gasteiger partial charge on any atom is -0.408 e. The zero-order chi connectivity index (χ0) is 21.7. The molecule has 2 aromatic carbocycles. The van der Waals surface area contributed by atoms with Crippen molar-refractivity contribution in [1.82, 2.24) is 15.2 Å². The number of aryl methyl sites for hydroxylation is 1. The predicted octanol–water partition coefficient (Wildman–Crippen LogP) is 1.58. The molecule has 0 saturated carbocycles. The van der Waals surface area contributed by atoms with Crippen molar-refractivity contribution in [1.29, 1.82) is 5.26 Å². The number of oxazole rings is 1. The summed E-state index contributed by atoms with van der Waals surface area (Å²) in [6.07, 6.45) is -0.268. The number of aromatic nitrogens is 1.